The fourth-order valence-corrected chi connectivity index (χ4v) is 3.29. The third kappa shape index (κ3) is 3.27. The van der Waals surface area contributed by atoms with Crippen molar-refractivity contribution in [3.8, 4) is 5.75 Å². The minimum atomic E-state index is 0.230. The molecule has 21 heavy (non-hydrogen) atoms. The van der Waals surface area contributed by atoms with E-state index < -0.39 is 0 Å². The molecule has 0 amide bonds. The van der Waals surface area contributed by atoms with Crippen LogP contribution in [0.1, 0.15) is 55.0 Å². The summed E-state index contributed by atoms with van der Waals surface area (Å²) in [5.74, 6) is 0.336. The number of phenols is 1. The highest BCUT2D eigenvalue weighted by Crippen LogP contribution is 2.31. The zero-order chi connectivity index (χ0) is 14.7. The Morgan fingerprint density at radius 1 is 1.10 bits per heavy atom. The first-order chi connectivity index (χ1) is 10.2. The molecule has 3 rings (SSSR count). The van der Waals surface area contributed by atoms with Crippen LogP contribution in [-0.2, 0) is 6.42 Å². The molecule has 2 nitrogen and oxygen atoms in total. The van der Waals surface area contributed by atoms with Crippen molar-refractivity contribution in [3.63, 3.8) is 0 Å². The van der Waals surface area contributed by atoms with Gasteiger partial charge in [-0.3, -0.25) is 0 Å². The Morgan fingerprint density at radius 2 is 1.95 bits per heavy atom. The topological polar surface area (TPSA) is 32.3 Å². The summed E-state index contributed by atoms with van der Waals surface area (Å²) in [5, 5.41) is 13.4. The smallest absolute Gasteiger partial charge is 0.115 e. The Labute approximate surface area is 126 Å². The van der Waals surface area contributed by atoms with Crippen molar-refractivity contribution >= 4 is 0 Å². The molecule has 1 aliphatic carbocycles. The Balaban J connectivity index is 1.81. The maximum atomic E-state index is 9.64. The largest absolute Gasteiger partial charge is 0.508 e. The molecule has 0 aliphatic heterocycles. The van der Waals surface area contributed by atoms with Crippen LogP contribution in [0.2, 0.25) is 0 Å². The lowest BCUT2D eigenvalue weighted by molar-refractivity contribution is 0.433. The number of fused-ring (bicyclic) bond motifs is 1. The highest BCUT2D eigenvalue weighted by Gasteiger charge is 2.20. The van der Waals surface area contributed by atoms with E-state index in [-0.39, 0.29) is 6.04 Å². The Bertz CT molecular complexity index is 608. The number of phenolic OH excluding ortho intramolecular Hbond substituents is 1. The Kier molecular flexibility index (Phi) is 4.26. The summed E-state index contributed by atoms with van der Waals surface area (Å²) in [6.07, 6.45) is 4.91. The molecule has 1 aliphatic rings. The standard InChI is InChI=1S/C19H23NO/c1-14(16-9-6-10-17(21)13-16)20-19-12-5-3-8-15-7-2-4-11-18(15)19/h2,4,6-7,9-11,13-14,19-21H,3,5,8,12H2,1H3. The van der Waals surface area contributed by atoms with Crippen molar-refractivity contribution in [3.05, 3.63) is 65.2 Å². The molecule has 0 aromatic heterocycles. The molecule has 2 aromatic rings. The van der Waals surface area contributed by atoms with Crippen molar-refractivity contribution in [2.75, 3.05) is 0 Å². The van der Waals surface area contributed by atoms with Gasteiger partial charge in [-0.25, -0.2) is 0 Å². The lowest BCUT2D eigenvalue weighted by Gasteiger charge is -2.24. The van der Waals surface area contributed by atoms with E-state index in [0.29, 0.717) is 11.8 Å². The van der Waals surface area contributed by atoms with E-state index in [1.165, 1.54) is 36.8 Å². The number of nitrogens with one attached hydrogen (secondary N) is 1. The summed E-state index contributed by atoms with van der Waals surface area (Å²) in [6, 6.07) is 17.0. The maximum absolute atomic E-state index is 9.64. The Morgan fingerprint density at radius 3 is 2.81 bits per heavy atom. The van der Waals surface area contributed by atoms with Gasteiger partial charge in [0, 0.05) is 12.1 Å². The van der Waals surface area contributed by atoms with Crippen LogP contribution in [0.5, 0.6) is 5.75 Å². The molecular weight excluding hydrogens is 258 g/mol. The SMILES string of the molecule is CC(NC1CCCCc2ccccc21)c1cccc(O)c1. The normalized spacial score (nSPS) is 19.6. The van der Waals surface area contributed by atoms with Gasteiger partial charge in [-0.1, -0.05) is 42.8 Å². The zero-order valence-corrected chi connectivity index (χ0v) is 12.5. The fourth-order valence-electron chi connectivity index (χ4n) is 3.29. The number of aromatic hydroxyl groups is 1. The molecule has 2 aromatic carbocycles. The van der Waals surface area contributed by atoms with Crippen molar-refractivity contribution in [1.82, 2.24) is 5.32 Å². The van der Waals surface area contributed by atoms with Crippen molar-refractivity contribution < 1.29 is 5.11 Å². The lowest BCUT2D eigenvalue weighted by atomic mass is 9.97. The summed E-state index contributed by atoms with van der Waals surface area (Å²) in [5.41, 5.74) is 4.06. The van der Waals surface area contributed by atoms with Gasteiger partial charge in [-0.2, -0.15) is 0 Å². The quantitative estimate of drug-likeness (QED) is 0.811. The van der Waals surface area contributed by atoms with Gasteiger partial charge in [0.15, 0.2) is 0 Å². The first-order valence-corrected chi connectivity index (χ1v) is 7.87. The van der Waals surface area contributed by atoms with Gasteiger partial charge >= 0.3 is 0 Å². The van der Waals surface area contributed by atoms with Crippen molar-refractivity contribution in [2.45, 2.75) is 44.7 Å². The third-order valence-electron chi connectivity index (χ3n) is 4.44. The van der Waals surface area contributed by atoms with Gasteiger partial charge in [-0.05, 0) is 55.0 Å². The minimum absolute atomic E-state index is 0.230. The van der Waals surface area contributed by atoms with Gasteiger partial charge in [0.2, 0.25) is 0 Å². The van der Waals surface area contributed by atoms with E-state index >= 15 is 0 Å². The zero-order valence-electron chi connectivity index (χ0n) is 12.5. The van der Waals surface area contributed by atoms with E-state index in [1.54, 1.807) is 6.07 Å². The molecule has 0 bridgehead atoms. The maximum Gasteiger partial charge on any atom is 0.115 e. The molecule has 0 saturated carbocycles. The van der Waals surface area contributed by atoms with Crippen LogP contribution >= 0.6 is 0 Å². The van der Waals surface area contributed by atoms with Crippen LogP contribution in [0, 0.1) is 0 Å². The number of hydrogen-bond donors (Lipinski definition) is 2. The predicted octanol–water partition coefficient (Wildman–Crippen LogP) is 4.51. The first kappa shape index (κ1) is 14.2. The second-order valence-corrected chi connectivity index (χ2v) is 5.98. The average molecular weight is 281 g/mol. The third-order valence-corrected chi connectivity index (χ3v) is 4.44. The molecule has 2 N–H and O–H groups in total. The molecule has 0 heterocycles. The van der Waals surface area contributed by atoms with Gasteiger partial charge < -0.3 is 10.4 Å². The van der Waals surface area contributed by atoms with E-state index in [1.807, 2.05) is 12.1 Å². The molecule has 110 valence electrons. The summed E-state index contributed by atoms with van der Waals surface area (Å²) >= 11 is 0. The fraction of sp³-hybridized carbons (Fsp3) is 0.368. The predicted molar refractivity (Wildman–Crippen MR) is 86.4 cm³/mol. The summed E-state index contributed by atoms with van der Waals surface area (Å²) < 4.78 is 0. The monoisotopic (exact) mass is 281 g/mol. The molecule has 0 fully saturated rings. The molecule has 2 atom stereocenters. The molecule has 0 radical (unpaired) electrons. The van der Waals surface area contributed by atoms with Crippen LogP contribution in [0.15, 0.2) is 48.5 Å². The van der Waals surface area contributed by atoms with Gasteiger partial charge in [0.05, 0.1) is 0 Å². The van der Waals surface area contributed by atoms with Gasteiger partial charge in [0.1, 0.15) is 5.75 Å². The van der Waals surface area contributed by atoms with Crippen LogP contribution < -0.4 is 5.32 Å². The number of rotatable bonds is 3. The average Bonchev–Trinajstić information content (AvgIpc) is 2.70. The highest BCUT2D eigenvalue weighted by atomic mass is 16.3. The summed E-state index contributed by atoms with van der Waals surface area (Å²) in [7, 11) is 0. The van der Waals surface area contributed by atoms with Crippen molar-refractivity contribution in [1.29, 1.82) is 0 Å². The van der Waals surface area contributed by atoms with E-state index in [2.05, 4.69) is 42.6 Å². The van der Waals surface area contributed by atoms with Crippen LogP contribution in [0.4, 0.5) is 0 Å². The van der Waals surface area contributed by atoms with E-state index in [0.717, 1.165) is 5.56 Å². The number of hydrogen-bond acceptors (Lipinski definition) is 2. The van der Waals surface area contributed by atoms with Gasteiger partial charge in [-0.15, -0.1) is 0 Å². The summed E-state index contributed by atoms with van der Waals surface area (Å²) in [4.78, 5) is 0. The second-order valence-electron chi connectivity index (χ2n) is 5.98. The molecule has 2 heteroatoms. The van der Waals surface area contributed by atoms with Crippen molar-refractivity contribution in [2.24, 2.45) is 0 Å². The number of benzene rings is 2. The highest BCUT2D eigenvalue weighted by molar-refractivity contribution is 5.33. The van der Waals surface area contributed by atoms with Crippen LogP contribution in [0.3, 0.4) is 0 Å². The second kappa shape index (κ2) is 6.31. The van der Waals surface area contributed by atoms with E-state index in [4.69, 9.17) is 0 Å². The van der Waals surface area contributed by atoms with E-state index in [9.17, 15) is 5.11 Å². The van der Waals surface area contributed by atoms with Gasteiger partial charge in [0.25, 0.3) is 0 Å². The molecular formula is C19H23NO. The Hall–Kier alpha value is -1.80. The first-order valence-electron chi connectivity index (χ1n) is 7.87. The molecule has 0 spiro atoms. The summed E-state index contributed by atoms with van der Waals surface area (Å²) in [6.45, 7) is 2.17. The van der Waals surface area contributed by atoms with Crippen LogP contribution in [-0.4, -0.2) is 5.11 Å². The minimum Gasteiger partial charge on any atom is -0.508 e. The number of aryl methyl sites for hydroxylation is 1. The molecule has 2 unspecified atom stereocenters. The van der Waals surface area contributed by atoms with Crippen LogP contribution in [0.25, 0.3) is 0 Å². The molecule has 0 saturated heterocycles. The lowest BCUT2D eigenvalue weighted by Crippen LogP contribution is -2.24.